The highest BCUT2D eigenvalue weighted by Crippen LogP contribution is 2.20. The molecule has 3 rings (SSSR count). The van der Waals surface area contributed by atoms with E-state index in [-0.39, 0.29) is 11.5 Å². The number of likely N-dealkylation sites (tertiary alicyclic amines) is 1. The highest BCUT2D eigenvalue weighted by Gasteiger charge is 2.25. The predicted octanol–water partition coefficient (Wildman–Crippen LogP) is 3.46. The first kappa shape index (κ1) is 17.6. The van der Waals surface area contributed by atoms with Crippen LogP contribution in [0.5, 0.6) is 0 Å². The minimum atomic E-state index is -0.102. The summed E-state index contributed by atoms with van der Waals surface area (Å²) in [5.74, 6) is 0.464. The Labute approximate surface area is 148 Å². The van der Waals surface area contributed by atoms with E-state index >= 15 is 0 Å². The summed E-state index contributed by atoms with van der Waals surface area (Å²) in [4.78, 5) is 27.7. The Kier molecular flexibility index (Phi) is 5.51. The summed E-state index contributed by atoms with van der Waals surface area (Å²) in [5.41, 5.74) is 0.316. The molecule has 5 heteroatoms. The highest BCUT2D eigenvalue weighted by atomic mass is 16.2. The molecule has 1 aromatic heterocycles. The Hall–Kier alpha value is -2.17. The summed E-state index contributed by atoms with van der Waals surface area (Å²) in [6.45, 7) is 6.41. The Morgan fingerprint density at radius 2 is 2.00 bits per heavy atom. The second kappa shape index (κ2) is 7.81. The fourth-order valence-corrected chi connectivity index (χ4v) is 3.58. The topological polar surface area (TPSA) is 55.2 Å². The Morgan fingerprint density at radius 1 is 1.24 bits per heavy atom. The van der Waals surface area contributed by atoms with Crippen LogP contribution in [-0.2, 0) is 6.54 Å². The van der Waals surface area contributed by atoms with Crippen LogP contribution in [0.15, 0.2) is 29.1 Å². The lowest BCUT2D eigenvalue weighted by molar-refractivity contribution is 0.0676. The molecule has 0 aliphatic carbocycles. The fourth-order valence-electron chi connectivity index (χ4n) is 3.58. The van der Waals surface area contributed by atoms with Crippen molar-refractivity contribution in [1.29, 1.82) is 0 Å². The van der Waals surface area contributed by atoms with Crippen LogP contribution in [-0.4, -0.2) is 33.7 Å². The third-order valence-electron chi connectivity index (χ3n) is 4.99. The van der Waals surface area contributed by atoms with E-state index in [4.69, 9.17) is 0 Å². The van der Waals surface area contributed by atoms with Crippen molar-refractivity contribution in [2.24, 2.45) is 5.92 Å². The fraction of sp³-hybridized carbons (Fsp3) is 0.550. The van der Waals surface area contributed by atoms with Crippen molar-refractivity contribution in [3.05, 3.63) is 40.3 Å². The number of unbranched alkanes of at least 4 members (excludes halogenated alkanes) is 2. The number of carbonyl (C=O) groups is 1. The monoisotopic (exact) mass is 341 g/mol. The van der Waals surface area contributed by atoms with E-state index in [1.165, 1.54) is 4.68 Å². The molecule has 0 spiro atoms. The van der Waals surface area contributed by atoms with Gasteiger partial charge < -0.3 is 4.90 Å². The zero-order chi connectivity index (χ0) is 17.8. The van der Waals surface area contributed by atoms with Crippen LogP contribution in [0.1, 0.15) is 56.4 Å². The van der Waals surface area contributed by atoms with Gasteiger partial charge in [-0.3, -0.25) is 9.59 Å². The molecule has 1 fully saturated rings. The predicted molar refractivity (Wildman–Crippen MR) is 99.8 cm³/mol. The molecule has 2 heterocycles. The van der Waals surface area contributed by atoms with Crippen LogP contribution in [0.3, 0.4) is 0 Å². The Balaban J connectivity index is 2.02. The quantitative estimate of drug-likeness (QED) is 0.783. The van der Waals surface area contributed by atoms with Gasteiger partial charge in [-0.2, -0.15) is 5.10 Å². The van der Waals surface area contributed by atoms with Crippen molar-refractivity contribution in [3.63, 3.8) is 0 Å². The van der Waals surface area contributed by atoms with Gasteiger partial charge in [-0.15, -0.1) is 0 Å². The molecule has 1 aliphatic heterocycles. The first-order valence-corrected chi connectivity index (χ1v) is 9.41. The van der Waals surface area contributed by atoms with E-state index in [0.29, 0.717) is 28.9 Å². The summed E-state index contributed by atoms with van der Waals surface area (Å²) >= 11 is 0. The average Bonchev–Trinajstić information content (AvgIpc) is 2.63. The van der Waals surface area contributed by atoms with Crippen molar-refractivity contribution in [3.8, 4) is 0 Å². The van der Waals surface area contributed by atoms with Crippen LogP contribution < -0.4 is 5.56 Å². The zero-order valence-corrected chi connectivity index (χ0v) is 15.2. The van der Waals surface area contributed by atoms with Crippen LogP contribution in [0.4, 0.5) is 0 Å². The van der Waals surface area contributed by atoms with Gasteiger partial charge in [0.25, 0.3) is 11.5 Å². The third kappa shape index (κ3) is 3.75. The maximum atomic E-state index is 13.1. The van der Waals surface area contributed by atoms with Crippen LogP contribution in [0, 0.1) is 5.92 Å². The Morgan fingerprint density at radius 3 is 2.72 bits per heavy atom. The molecule has 1 aliphatic rings. The molecular formula is C20H27N3O2. The second-order valence-corrected chi connectivity index (χ2v) is 7.13. The van der Waals surface area contributed by atoms with Gasteiger partial charge in [-0.05, 0) is 31.2 Å². The van der Waals surface area contributed by atoms with E-state index in [2.05, 4.69) is 18.9 Å². The number of hydrogen-bond donors (Lipinski definition) is 0. The number of piperidine rings is 1. The lowest BCUT2D eigenvalue weighted by Crippen LogP contribution is -2.40. The van der Waals surface area contributed by atoms with Crippen molar-refractivity contribution >= 4 is 16.7 Å². The summed E-state index contributed by atoms with van der Waals surface area (Å²) in [6, 6.07) is 7.34. The van der Waals surface area contributed by atoms with Crippen LogP contribution in [0.2, 0.25) is 0 Å². The number of rotatable bonds is 5. The van der Waals surface area contributed by atoms with Gasteiger partial charge in [0.2, 0.25) is 0 Å². The van der Waals surface area contributed by atoms with E-state index in [1.54, 1.807) is 6.07 Å². The van der Waals surface area contributed by atoms with Crippen molar-refractivity contribution < 1.29 is 4.79 Å². The normalized spacial score (nSPS) is 17.8. The lowest BCUT2D eigenvalue weighted by atomic mass is 9.99. The number of carbonyl (C=O) groups excluding carboxylic acids is 1. The van der Waals surface area contributed by atoms with E-state index in [1.807, 2.05) is 23.1 Å². The molecule has 1 saturated heterocycles. The van der Waals surface area contributed by atoms with Gasteiger partial charge >= 0.3 is 0 Å². The number of amides is 1. The first-order chi connectivity index (χ1) is 12.1. The smallest absolute Gasteiger partial charge is 0.274 e. The molecular weight excluding hydrogens is 314 g/mol. The number of fused-ring (bicyclic) bond motifs is 1. The molecule has 0 saturated carbocycles. The second-order valence-electron chi connectivity index (χ2n) is 7.13. The molecule has 1 atom stereocenters. The molecule has 0 radical (unpaired) electrons. The van der Waals surface area contributed by atoms with Gasteiger partial charge in [0.1, 0.15) is 0 Å². The molecule has 1 amide bonds. The van der Waals surface area contributed by atoms with E-state index < -0.39 is 0 Å². The minimum absolute atomic E-state index is 0.0491. The molecule has 25 heavy (non-hydrogen) atoms. The molecule has 2 aromatic rings. The standard InChI is InChI=1S/C20H27N3O2/c1-3-4-7-13-23-19(24)17-11-6-5-10-16(17)18(21-23)20(25)22-12-8-9-15(2)14-22/h5-6,10-11,15H,3-4,7-9,12-14H2,1-2H3. The van der Waals surface area contributed by atoms with Crippen molar-refractivity contribution in [1.82, 2.24) is 14.7 Å². The maximum absolute atomic E-state index is 13.1. The summed E-state index contributed by atoms with van der Waals surface area (Å²) in [7, 11) is 0. The highest BCUT2D eigenvalue weighted by molar-refractivity contribution is 6.04. The van der Waals surface area contributed by atoms with Gasteiger partial charge in [-0.1, -0.05) is 44.9 Å². The number of hydrogen-bond acceptors (Lipinski definition) is 3. The molecule has 1 unspecified atom stereocenters. The summed E-state index contributed by atoms with van der Waals surface area (Å²) < 4.78 is 1.48. The number of aryl methyl sites for hydroxylation is 1. The molecule has 0 N–H and O–H groups in total. The summed E-state index contributed by atoms with van der Waals surface area (Å²) in [5, 5.41) is 5.74. The average molecular weight is 341 g/mol. The minimum Gasteiger partial charge on any atom is -0.337 e. The van der Waals surface area contributed by atoms with Crippen molar-refractivity contribution in [2.45, 2.75) is 52.5 Å². The molecule has 0 bridgehead atoms. The van der Waals surface area contributed by atoms with Crippen LogP contribution in [0.25, 0.3) is 10.8 Å². The molecule has 1 aromatic carbocycles. The van der Waals surface area contributed by atoms with Crippen molar-refractivity contribution in [2.75, 3.05) is 13.1 Å². The first-order valence-electron chi connectivity index (χ1n) is 9.41. The maximum Gasteiger partial charge on any atom is 0.274 e. The van der Waals surface area contributed by atoms with Gasteiger partial charge in [0.15, 0.2) is 5.69 Å². The van der Waals surface area contributed by atoms with Gasteiger partial charge in [0.05, 0.1) is 5.39 Å². The van der Waals surface area contributed by atoms with E-state index in [9.17, 15) is 9.59 Å². The number of benzene rings is 1. The Bertz CT molecular complexity index is 812. The van der Waals surface area contributed by atoms with Crippen LogP contribution >= 0.6 is 0 Å². The van der Waals surface area contributed by atoms with Gasteiger partial charge in [0, 0.05) is 25.0 Å². The lowest BCUT2D eigenvalue weighted by Gasteiger charge is -2.31. The largest absolute Gasteiger partial charge is 0.337 e. The molecule has 134 valence electrons. The SMILES string of the molecule is CCCCCn1nc(C(=O)N2CCCC(C)C2)c2ccccc2c1=O. The van der Waals surface area contributed by atoms with Gasteiger partial charge in [-0.25, -0.2) is 4.68 Å². The van der Waals surface area contributed by atoms with E-state index in [0.717, 1.165) is 45.2 Å². The molecule has 5 nitrogen and oxygen atoms in total. The third-order valence-corrected chi connectivity index (χ3v) is 4.99. The zero-order valence-electron chi connectivity index (χ0n) is 15.2. The number of nitrogens with zero attached hydrogens (tertiary/aromatic N) is 3. The summed E-state index contributed by atoms with van der Waals surface area (Å²) in [6.07, 6.45) is 5.22. The number of aromatic nitrogens is 2.